The van der Waals surface area contributed by atoms with E-state index in [-0.39, 0.29) is 11.9 Å². The van der Waals surface area contributed by atoms with Crippen LogP contribution in [-0.4, -0.2) is 35.1 Å². The Morgan fingerprint density at radius 3 is 2.90 bits per heavy atom. The lowest BCUT2D eigenvalue weighted by Crippen LogP contribution is -2.40. The van der Waals surface area contributed by atoms with Crippen LogP contribution in [-0.2, 0) is 4.79 Å². The van der Waals surface area contributed by atoms with Crippen LogP contribution in [0.4, 0.5) is 0 Å². The maximum absolute atomic E-state index is 12.1. The molecule has 1 saturated heterocycles. The monoisotopic (exact) mass is 277 g/mol. The summed E-state index contributed by atoms with van der Waals surface area (Å²) in [5, 5.41) is 7.11. The number of hydrogen-bond donors (Lipinski definition) is 1. The molecule has 0 aromatic carbocycles. The maximum Gasteiger partial charge on any atom is 0.234 e. The van der Waals surface area contributed by atoms with Gasteiger partial charge < -0.3 is 9.84 Å². The molecule has 2 fully saturated rings. The van der Waals surface area contributed by atoms with E-state index in [4.69, 9.17) is 4.52 Å². The summed E-state index contributed by atoms with van der Waals surface area (Å²) >= 11 is 0. The number of carbonyl (C=O) groups excluding carboxylic acids is 1. The minimum atomic E-state index is 0.153. The van der Waals surface area contributed by atoms with Crippen molar-refractivity contribution < 1.29 is 9.32 Å². The normalized spacial score (nSPS) is 24.4. The molecule has 1 aromatic rings. The van der Waals surface area contributed by atoms with E-state index in [0.29, 0.717) is 12.6 Å². The Labute approximate surface area is 119 Å². The number of aryl methyl sites for hydroxylation is 1. The van der Waals surface area contributed by atoms with Crippen LogP contribution in [0.25, 0.3) is 0 Å². The smallest absolute Gasteiger partial charge is 0.234 e. The Kier molecular flexibility index (Phi) is 4.05. The summed E-state index contributed by atoms with van der Waals surface area (Å²) < 4.78 is 5.37. The molecule has 20 heavy (non-hydrogen) atoms. The van der Waals surface area contributed by atoms with Gasteiger partial charge in [-0.05, 0) is 39.2 Å². The van der Waals surface area contributed by atoms with E-state index in [2.05, 4.69) is 15.4 Å². The Hall–Kier alpha value is -1.36. The first-order chi connectivity index (χ1) is 9.72. The van der Waals surface area contributed by atoms with Crippen molar-refractivity contribution >= 4 is 5.91 Å². The van der Waals surface area contributed by atoms with Gasteiger partial charge in [-0.15, -0.1) is 0 Å². The fourth-order valence-electron chi connectivity index (χ4n) is 3.41. The molecule has 1 amide bonds. The fraction of sp³-hybridized carbons (Fsp3) is 0.733. The molecule has 5 heteroatoms. The average Bonchev–Trinajstić information content (AvgIpc) is 3.11. The van der Waals surface area contributed by atoms with Gasteiger partial charge in [-0.25, -0.2) is 0 Å². The third-order valence-electron chi connectivity index (χ3n) is 4.41. The number of likely N-dealkylation sites (tertiary alicyclic amines) is 1. The van der Waals surface area contributed by atoms with Gasteiger partial charge in [0, 0.05) is 12.1 Å². The molecule has 1 N–H and O–H groups in total. The molecular weight excluding hydrogens is 254 g/mol. The number of amides is 1. The zero-order chi connectivity index (χ0) is 13.9. The molecule has 2 heterocycles. The van der Waals surface area contributed by atoms with Crippen LogP contribution in [0, 0.1) is 6.92 Å². The van der Waals surface area contributed by atoms with Gasteiger partial charge in [0.25, 0.3) is 0 Å². The molecule has 1 unspecified atom stereocenters. The largest absolute Gasteiger partial charge is 0.359 e. The number of aromatic nitrogens is 1. The number of hydrogen-bond acceptors (Lipinski definition) is 4. The first-order valence-corrected chi connectivity index (χ1v) is 7.69. The summed E-state index contributed by atoms with van der Waals surface area (Å²) in [5.74, 6) is 1.05. The van der Waals surface area contributed by atoms with Crippen molar-refractivity contribution in [1.29, 1.82) is 0 Å². The van der Waals surface area contributed by atoms with Crippen LogP contribution in [0.5, 0.6) is 0 Å². The Balaban J connectivity index is 1.56. The van der Waals surface area contributed by atoms with E-state index in [1.807, 2.05) is 13.0 Å². The van der Waals surface area contributed by atoms with E-state index in [0.717, 1.165) is 43.7 Å². The van der Waals surface area contributed by atoms with E-state index in [1.165, 1.54) is 12.8 Å². The van der Waals surface area contributed by atoms with Gasteiger partial charge in [0.05, 0.1) is 18.3 Å². The molecule has 110 valence electrons. The van der Waals surface area contributed by atoms with E-state index in [9.17, 15) is 4.79 Å². The number of rotatable bonds is 4. The van der Waals surface area contributed by atoms with Crippen molar-refractivity contribution in [3.8, 4) is 0 Å². The third-order valence-corrected chi connectivity index (χ3v) is 4.41. The van der Waals surface area contributed by atoms with E-state index >= 15 is 0 Å². The van der Waals surface area contributed by atoms with Crippen molar-refractivity contribution in [2.24, 2.45) is 0 Å². The van der Waals surface area contributed by atoms with Crippen molar-refractivity contribution in [2.45, 2.75) is 57.5 Å². The van der Waals surface area contributed by atoms with Gasteiger partial charge in [-0.1, -0.05) is 18.0 Å². The number of nitrogens with zero attached hydrogens (tertiary/aromatic N) is 2. The van der Waals surface area contributed by atoms with E-state index < -0.39 is 0 Å². The lowest BCUT2D eigenvalue weighted by Gasteiger charge is -2.22. The lowest BCUT2D eigenvalue weighted by atomic mass is 10.1. The first-order valence-electron chi connectivity index (χ1n) is 7.69. The molecular formula is C15H23N3O2. The standard InChI is InChI=1S/C15H23N3O2/c1-11-9-14(20-17-11)13-7-4-8-18(13)10-15(19)16-12-5-2-3-6-12/h9,12-13H,2-8,10H2,1H3,(H,16,19). The van der Waals surface area contributed by atoms with Gasteiger partial charge in [0.2, 0.25) is 5.91 Å². The van der Waals surface area contributed by atoms with Gasteiger partial charge in [-0.2, -0.15) is 0 Å². The highest BCUT2D eigenvalue weighted by atomic mass is 16.5. The average molecular weight is 277 g/mol. The van der Waals surface area contributed by atoms with Crippen LogP contribution < -0.4 is 5.32 Å². The molecule has 5 nitrogen and oxygen atoms in total. The lowest BCUT2D eigenvalue weighted by molar-refractivity contribution is -0.123. The predicted octanol–water partition coefficient (Wildman–Crippen LogP) is 2.18. The first kappa shape index (κ1) is 13.6. The summed E-state index contributed by atoms with van der Waals surface area (Å²) in [4.78, 5) is 14.4. The molecule has 1 aliphatic heterocycles. The van der Waals surface area contributed by atoms with Crippen LogP contribution >= 0.6 is 0 Å². The SMILES string of the molecule is Cc1cc(C2CCCN2CC(=O)NC2CCCC2)on1. The van der Waals surface area contributed by atoms with Gasteiger partial charge in [-0.3, -0.25) is 9.69 Å². The number of nitrogens with one attached hydrogen (secondary N) is 1. The number of carbonyl (C=O) groups is 1. The highest BCUT2D eigenvalue weighted by Crippen LogP contribution is 2.31. The zero-order valence-electron chi connectivity index (χ0n) is 12.1. The molecule has 1 saturated carbocycles. The van der Waals surface area contributed by atoms with E-state index in [1.54, 1.807) is 0 Å². The molecule has 1 aliphatic carbocycles. The predicted molar refractivity (Wildman–Crippen MR) is 75.2 cm³/mol. The van der Waals surface area contributed by atoms with Crippen molar-refractivity contribution in [3.63, 3.8) is 0 Å². The second-order valence-corrected chi connectivity index (χ2v) is 6.05. The van der Waals surface area contributed by atoms with Crippen molar-refractivity contribution in [1.82, 2.24) is 15.4 Å². The van der Waals surface area contributed by atoms with Crippen LogP contribution in [0.1, 0.15) is 56.0 Å². The summed E-state index contributed by atoms with van der Waals surface area (Å²) in [6, 6.07) is 2.60. The topological polar surface area (TPSA) is 58.4 Å². The minimum absolute atomic E-state index is 0.153. The molecule has 2 aliphatic rings. The third kappa shape index (κ3) is 3.03. The Morgan fingerprint density at radius 2 is 2.20 bits per heavy atom. The fourth-order valence-corrected chi connectivity index (χ4v) is 3.41. The second kappa shape index (κ2) is 5.95. The quantitative estimate of drug-likeness (QED) is 0.916. The highest BCUT2D eigenvalue weighted by Gasteiger charge is 2.30. The summed E-state index contributed by atoms with van der Waals surface area (Å²) in [5.41, 5.74) is 0.905. The van der Waals surface area contributed by atoms with Crippen LogP contribution in [0.3, 0.4) is 0 Å². The second-order valence-electron chi connectivity index (χ2n) is 6.05. The maximum atomic E-state index is 12.1. The summed E-state index contributed by atoms with van der Waals surface area (Å²) in [6.07, 6.45) is 6.92. The Morgan fingerprint density at radius 1 is 1.40 bits per heavy atom. The molecule has 3 rings (SSSR count). The minimum Gasteiger partial charge on any atom is -0.359 e. The molecule has 0 radical (unpaired) electrons. The molecule has 0 bridgehead atoms. The van der Waals surface area contributed by atoms with Gasteiger partial charge in [0.15, 0.2) is 5.76 Å². The Bertz CT molecular complexity index is 465. The zero-order valence-corrected chi connectivity index (χ0v) is 12.1. The highest BCUT2D eigenvalue weighted by molar-refractivity contribution is 5.78. The van der Waals surface area contributed by atoms with Crippen molar-refractivity contribution in [3.05, 3.63) is 17.5 Å². The molecule has 1 aromatic heterocycles. The van der Waals surface area contributed by atoms with Crippen molar-refractivity contribution in [2.75, 3.05) is 13.1 Å². The van der Waals surface area contributed by atoms with Gasteiger partial charge in [0.1, 0.15) is 0 Å². The van der Waals surface area contributed by atoms with Crippen LogP contribution in [0.15, 0.2) is 10.6 Å². The molecule has 0 spiro atoms. The summed E-state index contributed by atoms with van der Waals surface area (Å²) in [7, 11) is 0. The van der Waals surface area contributed by atoms with Gasteiger partial charge >= 0.3 is 0 Å². The summed E-state index contributed by atoms with van der Waals surface area (Å²) in [6.45, 7) is 3.36. The molecule has 1 atom stereocenters. The van der Waals surface area contributed by atoms with Crippen LogP contribution in [0.2, 0.25) is 0 Å².